The molecule has 0 spiro atoms. The van der Waals surface area contributed by atoms with Gasteiger partial charge in [-0.2, -0.15) is 0 Å². The summed E-state index contributed by atoms with van der Waals surface area (Å²) in [6.45, 7) is 2.73. The van der Waals surface area contributed by atoms with E-state index in [1.807, 2.05) is 6.92 Å². The summed E-state index contributed by atoms with van der Waals surface area (Å²) in [5.41, 5.74) is 0.226. The van der Waals surface area contributed by atoms with Gasteiger partial charge in [0, 0.05) is 18.3 Å². The maximum atomic E-state index is 13.0. The quantitative estimate of drug-likeness (QED) is 0.463. The molecule has 0 aliphatic carbocycles. The van der Waals surface area contributed by atoms with Gasteiger partial charge in [-0.25, -0.2) is 4.39 Å². The average molecular weight is 212 g/mol. The molecule has 1 aromatic carbocycles. The van der Waals surface area contributed by atoms with Crippen LogP contribution in [0, 0.1) is 15.9 Å². The molecule has 0 radical (unpaired) electrons. The zero-order chi connectivity index (χ0) is 11.3. The van der Waals surface area contributed by atoms with Crippen LogP contribution in [0.15, 0.2) is 18.2 Å². The predicted molar refractivity (Wildman–Crippen MR) is 56.5 cm³/mol. The second kappa shape index (κ2) is 5.29. The molecule has 15 heavy (non-hydrogen) atoms. The number of benzene rings is 1. The summed E-state index contributed by atoms with van der Waals surface area (Å²) in [5, 5.41) is 13.4. The molecule has 1 aromatic rings. The number of nitrogens with zero attached hydrogens (tertiary/aromatic N) is 1. The number of nitrogens with one attached hydrogen (secondary N) is 1. The van der Waals surface area contributed by atoms with Crippen molar-refractivity contribution in [2.24, 2.45) is 0 Å². The monoisotopic (exact) mass is 212 g/mol. The van der Waals surface area contributed by atoms with Gasteiger partial charge in [0.05, 0.1) is 11.0 Å². The van der Waals surface area contributed by atoms with Gasteiger partial charge >= 0.3 is 0 Å². The van der Waals surface area contributed by atoms with E-state index in [1.54, 1.807) is 0 Å². The average Bonchev–Trinajstić information content (AvgIpc) is 2.17. The summed E-state index contributed by atoms with van der Waals surface area (Å²) in [4.78, 5) is 9.84. The molecule has 1 N–H and O–H groups in total. The first kappa shape index (κ1) is 11.4. The highest BCUT2D eigenvalue weighted by molar-refractivity contribution is 5.51. The molecule has 0 fully saturated rings. The van der Waals surface area contributed by atoms with Crippen molar-refractivity contribution >= 4 is 11.4 Å². The third-order valence-corrected chi connectivity index (χ3v) is 1.95. The fraction of sp³-hybridized carbons (Fsp3) is 0.400. The van der Waals surface area contributed by atoms with Gasteiger partial charge in [0.1, 0.15) is 5.82 Å². The van der Waals surface area contributed by atoms with Crippen molar-refractivity contribution in [3.8, 4) is 0 Å². The van der Waals surface area contributed by atoms with E-state index >= 15 is 0 Å². The number of hydrogen-bond acceptors (Lipinski definition) is 3. The first-order valence-corrected chi connectivity index (χ1v) is 4.82. The number of hydrogen-bond donors (Lipinski definition) is 1. The molecular formula is C10H13FN2O2. The van der Waals surface area contributed by atoms with Crippen molar-refractivity contribution in [2.75, 3.05) is 11.9 Å². The number of non-ortho nitro benzene ring substituents is 1. The Morgan fingerprint density at radius 2 is 2.20 bits per heavy atom. The van der Waals surface area contributed by atoms with Crippen LogP contribution in [-0.4, -0.2) is 11.5 Å². The van der Waals surface area contributed by atoms with Gasteiger partial charge < -0.3 is 5.32 Å². The summed E-state index contributed by atoms with van der Waals surface area (Å²) in [6.07, 6.45) is 1.97. The van der Waals surface area contributed by atoms with Crippen LogP contribution >= 0.6 is 0 Å². The van der Waals surface area contributed by atoms with Crippen molar-refractivity contribution in [2.45, 2.75) is 19.8 Å². The molecule has 0 amide bonds. The molecule has 0 saturated carbocycles. The van der Waals surface area contributed by atoms with Crippen molar-refractivity contribution in [3.05, 3.63) is 34.1 Å². The van der Waals surface area contributed by atoms with Crippen LogP contribution in [0.1, 0.15) is 19.8 Å². The van der Waals surface area contributed by atoms with Crippen LogP contribution in [0.3, 0.4) is 0 Å². The topological polar surface area (TPSA) is 55.2 Å². The van der Waals surface area contributed by atoms with Crippen molar-refractivity contribution in [1.29, 1.82) is 0 Å². The van der Waals surface area contributed by atoms with Gasteiger partial charge in [-0.15, -0.1) is 0 Å². The van der Waals surface area contributed by atoms with E-state index in [0.29, 0.717) is 12.2 Å². The fourth-order valence-electron chi connectivity index (χ4n) is 1.19. The standard InChI is InChI=1S/C10H13FN2O2/c1-2-3-4-12-9-5-8(11)6-10(7-9)13(14)15/h5-7,12H,2-4H2,1H3. The lowest BCUT2D eigenvalue weighted by Crippen LogP contribution is -2.02. The molecule has 5 heteroatoms. The van der Waals surface area contributed by atoms with Gasteiger partial charge in [-0.1, -0.05) is 13.3 Å². The zero-order valence-electron chi connectivity index (χ0n) is 8.50. The second-order valence-corrected chi connectivity index (χ2v) is 3.24. The van der Waals surface area contributed by atoms with E-state index in [-0.39, 0.29) is 5.69 Å². The third kappa shape index (κ3) is 3.53. The Bertz CT molecular complexity index is 355. The SMILES string of the molecule is CCCCNc1cc(F)cc([N+](=O)[O-])c1. The number of nitro benzene ring substituents is 1. The molecular weight excluding hydrogens is 199 g/mol. The minimum absolute atomic E-state index is 0.228. The molecule has 0 atom stereocenters. The van der Waals surface area contributed by atoms with Crippen LogP contribution < -0.4 is 5.32 Å². The number of rotatable bonds is 5. The summed E-state index contributed by atoms with van der Waals surface area (Å²) in [6, 6.07) is 3.49. The summed E-state index contributed by atoms with van der Waals surface area (Å²) in [5.74, 6) is -0.594. The van der Waals surface area contributed by atoms with Gasteiger partial charge in [-0.05, 0) is 12.5 Å². The highest BCUT2D eigenvalue weighted by atomic mass is 19.1. The van der Waals surface area contributed by atoms with Crippen LogP contribution in [0.25, 0.3) is 0 Å². The number of unbranched alkanes of at least 4 members (excludes halogenated alkanes) is 1. The van der Waals surface area contributed by atoms with Gasteiger partial charge in [0.2, 0.25) is 0 Å². The minimum atomic E-state index is -0.603. The summed E-state index contributed by atoms with van der Waals surface area (Å²) < 4.78 is 13.0. The molecule has 0 bridgehead atoms. The van der Waals surface area contributed by atoms with E-state index in [1.165, 1.54) is 12.1 Å². The van der Waals surface area contributed by atoms with E-state index in [2.05, 4.69) is 5.32 Å². The zero-order valence-corrected chi connectivity index (χ0v) is 8.50. The van der Waals surface area contributed by atoms with E-state index in [0.717, 1.165) is 18.9 Å². The highest BCUT2D eigenvalue weighted by Gasteiger charge is 2.08. The molecule has 0 saturated heterocycles. The smallest absolute Gasteiger partial charge is 0.274 e. The Morgan fingerprint density at radius 1 is 1.47 bits per heavy atom. The fourth-order valence-corrected chi connectivity index (χ4v) is 1.19. The Kier molecular flexibility index (Phi) is 4.03. The molecule has 0 aliphatic rings. The third-order valence-electron chi connectivity index (χ3n) is 1.95. The van der Waals surface area contributed by atoms with E-state index < -0.39 is 10.7 Å². The van der Waals surface area contributed by atoms with Gasteiger partial charge in [0.25, 0.3) is 5.69 Å². The van der Waals surface area contributed by atoms with Crippen LogP contribution in [0.5, 0.6) is 0 Å². The lowest BCUT2D eigenvalue weighted by molar-refractivity contribution is -0.385. The molecule has 0 aliphatic heterocycles. The Hall–Kier alpha value is -1.65. The first-order valence-electron chi connectivity index (χ1n) is 4.82. The number of anilines is 1. The van der Waals surface area contributed by atoms with Crippen LogP contribution in [-0.2, 0) is 0 Å². The number of nitro groups is 1. The van der Waals surface area contributed by atoms with E-state index in [9.17, 15) is 14.5 Å². The minimum Gasteiger partial charge on any atom is -0.385 e. The lowest BCUT2D eigenvalue weighted by Gasteiger charge is -2.05. The van der Waals surface area contributed by atoms with E-state index in [4.69, 9.17) is 0 Å². The molecule has 0 aromatic heterocycles. The van der Waals surface area contributed by atoms with Crippen molar-refractivity contribution in [3.63, 3.8) is 0 Å². The largest absolute Gasteiger partial charge is 0.385 e. The molecule has 0 unspecified atom stereocenters. The molecule has 0 heterocycles. The maximum absolute atomic E-state index is 13.0. The normalized spacial score (nSPS) is 10.0. The van der Waals surface area contributed by atoms with Crippen LogP contribution in [0.2, 0.25) is 0 Å². The number of halogens is 1. The summed E-state index contributed by atoms with van der Waals surface area (Å²) in [7, 11) is 0. The Labute approximate surface area is 87.3 Å². The van der Waals surface area contributed by atoms with Crippen LogP contribution in [0.4, 0.5) is 15.8 Å². The maximum Gasteiger partial charge on any atom is 0.274 e. The predicted octanol–water partition coefficient (Wildman–Crippen LogP) is 2.95. The summed E-state index contributed by atoms with van der Waals surface area (Å²) >= 11 is 0. The second-order valence-electron chi connectivity index (χ2n) is 3.24. The van der Waals surface area contributed by atoms with Crippen molar-refractivity contribution < 1.29 is 9.31 Å². The van der Waals surface area contributed by atoms with Crippen molar-refractivity contribution in [1.82, 2.24) is 0 Å². The lowest BCUT2D eigenvalue weighted by atomic mass is 10.2. The first-order chi connectivity index (χ1) is 7.13. The molecule has 82 valence electrons. The van der Waals surface area contributed by atoms with Gasteiger partial charge in [0.15, 0.2) is 0 Å². The highest BCUT2D eigenvalue weighted by Crippen LogP contribution is 2.19. The Morgan fingerprint density at radius 3 is 2.80 bits per heavy atom. The van der Waals surface area contributed by atoms with Gasteiger partial charge in [-0.3, -0.25) is 10.1 Å². The Balaban J connectivity index is 2.75. The molecule has 1 rings (SSSR count). The molecule has 4 nitrogen and oxygen atoms in total.